The van der Waals surface area contributed by atoms with Gasteiger partial charge in [0.05, 0.1) is 0 Å². The summed E-state index contributed by atoms with van der Waals surface area (Å²) in [5, 5.41) is 8.44. The molecule has 0 aliphatic carbocycles. The first kappa shape index (κ1) is 9.90. The molecule has 0 rings (SSSR count). The molecule has 0 saturated heterocycles. The minimum atomic E-state index is -0.627. The number of rotatable bonds is 5. The number of carbonyl (C=O) groups excluding carboxylic acids is 2. The van der Waals surface area contributed by atoms with E-state index in [9.17, 15) is 9.59 Å². The highest BCUT2D eigenvalue weighted by Gasteiger charge is 2.16. The molecule has 0 heterocycles. The Labute approximate surface area is 64.4 Å². The normalized spacial score (nSPS) is 12.5. The number of primary amides is 2. The molecule has 0 aromatic heterocycles. The number of hydrogen-bond acceptors (Lipinski definition) is 3. The standard InChI is InChI=1S/C6H12N2O3/c7-5(10)3-4(1-2-9)6(8)11/h4,9H,1-3H2,(H2,7,10)(H2,8,11). The summed E-state index contributed by atoms with van der Waals surface area (Å²) in [6, 6.07) is 0. The topological polar surface area (TPSA) is 106 Å². The SMILES string of the molecule is NC(=O)CC(CCO)C(N)=O. The van der Waals surface area contributed by atoms with Crippen LogP contribution in [0.3, 0.4) is 0 Å². The first-order valence-electron chi connectivity index (χ1n) is 3.26. The molecule has 1 unspecified atom stereocenters. The first-order valence-corrected chi connectivity index (χ1v) is 3.26. The van der Waals surface area contributed by atoms with Crippen LogP contribution in [0.2, 0.25) is 0 Å². The fraction of sp³-hybridized carbons (Fsp3) is 0.667. The van der Waals surface area contributed by atoms with E-state index in [1.165, 1.54) is 0 Å². The van der Waals surface area contributed by atoms with Crippen LogP contribution < -0.4 is 11.5 Å². The maximum atomic E-state index is 10.5. The summed E-state index contributed by atoms with van der Waals surface area (Å²) in [4.78, 5) is 20.9. The Hall–Kier alpha value is -1.10. The van der Waals surface area contributed by atoms with Crippen molar-refractivity contribution in [3.05, 3.63) is 0 Å². The minimum Gasteiger partial charge on any atom is -0.396 e. The molecule has 0 saturated carbocycles. The van der Waals surface area contributed by atoms with Gasteiger partial charge in [-0.05, 0) is 6.42 Å². The summed E-state index contributed by atoms with van der Waals surface area (Å²) >= 11 is 0. The third-order valence-corrected chi connectivity index (χ3v) is 1.33. The molecule has 1 atom stereocenters. The summed E-state index contributed by atoms with van der Waals surface area (Å²) in [5.74, 6) is -1.81. The van der Waals surface area contributed by atoms with Crippen LogP contribution in [-0.2, 0) is 9.59 Å². The van der Waals surface area contributed by atoms with Crippen LogP contribution in [0.25, 0.3) is 0 Å². The molecule has 0 aliphatic rings. The lowest BCUT2D eigenvalue weighted by Gasteiger charge is -2.07. The maximum Gasteiger partial charge on any atom is 0.221 e. The van der Waals surface area contributed by atoms with E-state index < -0.39 is 17.7 Å². The Morgan fingerprint density at radius 2 is 1.91 bits per heavy atom. The number of carbonyl (C=O) groups is 2. The molecule has 2 amide bonds. The molecule has 0 aromatic rings. The van der Waals surface area contributed by atoms with Gasteiger partial charge in [0.1, 0.15) is 0 Å². The summed E-state index contributed by atoms with van der Waals surface area (Å²) in [7, 11) is 0. The maximum absolute atomic E-state index is 10.5. The third-order valence-electron chi connectivity index (χ3n) is 1.33. The third kappa shape index (κ3) is 4.32. The monoisotopic (exact) mass is 160 g/mol. The molecule has 0 fully saturated rings. The number of amides is 2. The number of nitrogens with two attached hydrogens (primary N) is 2. The summed E-state index contributed by atoms with van der Waals surface area (Å²) in [6.45, 7) is -0.166. The zero-order valence-electron chi connectivity index (χ0n) is 6.12. The molecule has 5 N–H and O–H groups in total. The average Bonchev–Trinajstić information content (AvgIpc) is 1.86. The molecule has 0 spiro atoms. The quantitative estimate of drug-likeness (QED) is 0.448. The van der Waals surface area contributed by atoms with Gasteiger partial charge >= 0.3 is 0 Å². The van der Waals surface area contributed by atoms with Gasteiger partial charge in [-0.15, -0.1) is 0 Å². The van der Waals surface area contributed by atoms with Crippen LogP contribution in [0, 0.1) is 5.92 Å². The second-order valence-corrected chi connectivity index (χ2v) is 2.28. The molecule has 0 bridgehead atoms. The lowest BCUT2D eigenvalue weighted by Crippen LogP contribution is -2.28. The minimum absolute atomic E-state index is 0.0874. The van der Waals surface area contributed by atoms with Crippen molar-refractivity contribution in [2.75, 3.05) is 6.61 Å². The largest absolute Gasteiger partial charge is 0.396 e. The van der Waals surface area contributed by atoms with E-state index in [1.807, 2.05) is 0 Å². The second kappa shape index (κ2) is 4.68. The summed E-state index contributed by atoms with van der Waals surface area (Å²) < 4.78 is 0. The second-order valence-electron chi connectivity index (χ2n) is 2.28. The number of aliphatic hydroxyl groups is 1. The van der Waals surface area contributed by atoms with E-state index in [0.717, 1.165) is 0 Å². The highest BCUT2D eigenvalue weighted by atomic mass is 16.3. The zero-order valence-corrected chi connectivity index (χ0v) is 6.12. The van der Waals surface area contributed by atoms with Crippen molar-refractivity contribution in [2.24, 2.45) is 17.4 Å². The average molecular weight is 160 g/mol. The van der Waals surface area contributed by atoms with Crippen LogP contribution in [0.4, 0.5) is 0 Å². The summed E-state index contributed by atoms with van der Waals surface area (Å²) in [6.07, 6.45) is 0.105. The van der Waals surface area contributed by atoms with Crippen molar-refractivity contribution in [3.8, 4) is 0 Å². The fourth-order valence-electron chi connectivity index (χ4n) is 0.744. The highest BCUT2D eigenvalue weighted by molar-refractivity contribution is 5.83. The van der Waals surface area contributed by atoms with Crippen LogP contribution in [0.1, 0.15) is 12.8 Å². The van der Waals surface area contributed by atoms with Crippen LogP contribution in [0.5, 0.6) is 0 Å². The molecular weight excluding hydrogens is 148 g/mol. The van der Waals surface area contributed by atoms with E-state index in [1.54, 1.807) is 0 Å². The summed E-state index contributed by atoms with van der Waals surface area (Å²) in [5.41, 5.74) is 9.75. The lowest BCUT2D eigenvalue weighted by molar-refractivity contribution is -0.127. The van der Waals surface area contributed by atoms with Gasteiger partial charge in [0.2, 0.25) is 11.8 Å². The van der Waals surface area contributed by atoms with E-state index in [2.05, 4.69) is 0 Å². The number of aliphatic hydroxyl groups excluding tert-OH is 1. The van der Waals surface area contributed by atoms with Gasteiger partial charge in [-0.2, -0.15) is 0 Å². The Morgan fingerprint density at radius 3 is 2.18 bits per heavy atom. The van der Waals surface area contributed by atoms with Crippen LogP contribution >= 0.6 is 0 Å². The van der Waals surface area contributed by atoms with Crippen molar-refractivity contribution < 1.29 is 14.7 Å². The van der Waals surface area contributed by atoms with Crippen LogP contribution in [0.15, 0.2) is 0 Å². The molecule has 5 nitrogen and oxygen atoms in total. The van der Waals surface area contributed by atoms with Gasteiger partial charge in [0.15, 0.2) is 0 Å². The Kier molecular flexibility index (Phi) is 4.21. The van der Waals surface area contributed by atoms with Gasteiger partial charge in [-0.3, -0.25) is 9.59 Å². The van der Waals surface area contributed by atoms with Crippen molar-refractivity contribution in [3.63, 3.8) is 0 Å². The number of hydrogen-bond donors (Lipinski definition) is 3. The smallest absolute Gasteiger partial charge is 0.221 e. The van der Waals surface area contributed by atoms with Gasteiger partial charge in [0, 0.05) is 18.9 Å². The molecule has 64 valence electrons. The van der Waals surface area contributed by atoms with Crippen molar-refractivity contribution in [2.45, 2.75) is 12.8 Å². The van der Waals surface area contributed by atoms with Crippen LogP contribution in [-0.4, -0.2) is 23.5 Å². The molecule has 5 heteroatoms. The van der Waals surface area contributed by atoms with E-state index in [4.69, 9.17) is 16.6 Å². The Bertz CT molecular complexity index is 158. The van der Waals surface area contributed by atoms with E-state index in [-0.39, 0.29) is 19.4 Å². The van der Waals surface area contributed by atoms with Crippen molar-refractivity contribution in [1.29, 1.82) is 0 Å². The van der Waals surface area contributed by atoms with E-state index >= 15 is 0 Å². The van der Waals surface area contributed by atoms with Gasteiger partial charge in [0.25, 0.3) is 0 Å². The molecule has 0 radical (unpaired) electrons. The predicted molar refractivity (Wildman–Crippen MR) is 38.2 cm³/mol. The molecule has 11 heavy (non-hydrogen) atoms. The Morgan fingerprint density at radius 1 is 1.36 bits per heavy atom. The predicted octanol–water partition coefficient (Wildman–Crippen LogP) is -1.65. The fourth-order valence-corrected chi connectivity index (χ4v) is 0.744. The van der Waals surface area contributed by atoms with Gasteiger partial charge in [-0.25, -0.2) is 0 Å². The van der Waals surface area contributed by atoms with Crippen molar-refractivity contribution in [1.82, 2.24) is 0 Å². The first-order chi connectivity index (χ1) is 5.07. The van der Waals surface area contributed by atoms with Crippen molar-refractivity contribution >= 4 is 11.8 Å². The zero-order chi connectivity index (χ0) is 8.85. The molecular formula is C6H12N2O3. The Balaban J connectivity index is 3.89. The molecule has 0 aromatic carbocycles. The highest BCUT2D eigenvalue weighted by Crippen LogP contribution is 2.05. The lowest BCUT2D eigenvalue weighted by atomic mass is 10.0. The van der Waals surface area contributed by atoms with Gasteiger partial charge in [-0.1, -0.05) is 0 Å². The molecule has 0 aliphatic heterocycles. The van der Waals surface area contributed by atoms with Gasteiger partial charge < -0.3 is 16.6 Å². The van der Waals surface area contributed by atoms with E-state index in [0.29, 0.717) is 0 Å².